The number of hydrogen-bond acceptors (Lipinski definition) is 3. The van der Waals surface area contributed by atoms with Gasteiger partial charge in [-0.2, -0.15) is 5.26 Å². The van der Waals surface area contributed by atoms with E-state index in [1.807, 2.05) is 30.3 Å². The van der Waals surface area contributed by atoms with Crippen LogP contribution in [0.1, 0.15) is 16.7 Å². The number of para-hydroxylation sites is 1. The van der Waals surface area contributed by atoms with E-state index in [4.69, 9.17) is 0 Å². The first-order chi connectivity index (χ1) is 10.2. The molecule has 0 saturated heterocycles. The number of nitrogens with one attached hydrogen (secondary N) is 1. The molecule has 3 nitrogen and oxygen atoms in total. The molecule has 0 spiro atoms. The smallest absolute Gasteiger partial charge is 0.103 e. The molecular formula is C18H16ClN3. The summed E-state index contributed by atoms with van der Waals surface area (Å²) in [4.78, 5) is 4.32. The van der Waals surface area contributed by atoms with E-state index in [-0.39, 0.29) is 12.4 Å². The molecule has 1 N–H and O–H groups in total. The van der Waals surface area contributed by atoms with Gasteiger partial charge in [0.05, 0.1) is 16.8 Å². The molecule has 0 saturated carbocycles. The summed E-state index contributed by atoms with van der Waals surface area (Å²) in [6, 6.07) is 16.2. The summed E-state index contributed by atoms with van der Waals surface area (Å²) in [6.07, 6.45) is 1.62. The molecule has 2 aromatic carbocycles. The van der Waals surface area contributed by atoms with Crippen molar-refractivity contribution in [3.05, 3.63) is 65.4 Å². The van der Waals surface area contributed by atoms with Crippen molar-refractivity contribution >= 4 is 34.7 Å². The first kappa shape index (κ1) is 15.8. The second kappa shape index (κ2) is 6.46. The van der Waals surface area contributed by atoms with Crippen molar-refractivity contribution in [1.29, 1.82) is 5.26 Å². The molecule has 3 rings (SSSR count). The van der Waals surface area contributed by atoms with Crippen molar-refractivity contribution in [1.82, 2.24) is 4.98 Å². The van der Waals surface area contributed by atoms with Crippen LogP contribution >= 0.6 is 12.4 Å². The van der Waals surface area contributed by atoms with Crippen molar-refractivity contribution in [3.8, 4) is 6.07 Å². The summed E-state index contributed by atoms with van der Waals surface area (Å²) in [6.45, 7) is 4.16. The zero-order valence-electron chi connectivity index (χ0n) is 12.4. The number of nitriles is 1. The predicted molar refractivity (Wildman–Crippen MR) is 92.9 cm³/mol. The van der Waals surface area contributed by atoms with Gasteiger partial charge >= 0.3 is 0 Å². The highest BCUT2D eigenvalue weighted by Gasteiger charge is 2.09. The van der Waals surface area contributed by atoms with Crippen molar-refractivity contribution in [2.24, 2.45) is 0 Å². The summed E-state index contributed by atoms with van der Waals surface area (Å²) in [5.41, 5.74) is 5.68. The van der Waals surface area contributed by atoms with Crippen molar-refractivity contribution in [2.45, 2.75) is 13.8 Å². The topological polar surface area (TPSA) is 48.7 Å². The molecule has 3 aromatic rings. The first-order valence-electron chi connectivity index (χ1n) is 6.81. The molecule has 0 aliphatic heterocycles. The molecule has 0 aliphatic rings. The molecular weight excluding hydrogens is 294 g/mol. The number of halogens is 1. The van der Waals surface area contributed by atoms with E-state index in [1.54, 1.807) is 6.20 Å². The Balaban J connectivity index is 0.00000176. The Morgan fingerprint density at radius 2 is 1.82 bits per heavy atom. The van der Waals surface area contributed by atoms with Gasteiger partial charge in [-0.05, 0) is 43.2 Å². The lowest BCUT2D eigenvalue weighted by molar-refractivity contribution is 1.33. The van der Waals surface area contributed by atoms with E-state index in [2.05, 4.69) is 42.4 Å². The Hall–Kier alpha value is -2.57. The molecule has 1 heterocycles. The van der Waals surface area contributed by atoms with Gasteiger partial charge in [-0.1, -0.05) is 24.3 Å². The lowest BCUT2D eigenvalue weighted by atomic mass is 10.1. The monoisotopic (exact) mass is 309 g/mol. The summed E-state index contributed by atoms with van der Waals surface area (Å²) >= 11 is 0. The maximum Gasteiger partial charge on any atom is 0.103 e. The minimum atomic E-state index is 0. The quantitative estimate of drug-likeness (QED) is 0.733. The van der Waals surface area contributed by atoms with Crippen LogP contribution in [0.3, 0.4) is 0 Å². The van der Waals surface area contributed by atoms with E-state index < -0.39 is 0 Å². The van der Waals surface area contributed by atoms with Crippen molar-refractivity contribution in [2.75, 3.05) is 5.32 Å². The van der Waals surface area contributed by atoms with Crippen LogP contribution in [0.25, 0.3) is 10.9 Å². The Kier molecular flexibility index (Phi) is 4.65. The highest BCUT2D eigenvalue weighted by atomic mass is 35.5. The molecule has 22 heavy (non-hydrogen) atoms. The molecule has 0 fully saturated rings. The molecule has 0 aliphatic carbocycles. The number of benzene rings is 2. The maximum absolute atomic E-state index is 9.32. The summed E-state index contributed by atoms with van der Waals surface area (Å²) in [5, 5.41) is 13.7. The molecule has 1 aromatic heterocycles. The average Bonchev–Trinajstić information content (AvgIpc) is 2.51. The maximum atomic E-state index is 9.32. The van der Waals surface area contributed by atoms with Crippen molar-refractivity contribution < 1.29 is 0 Å². The molecule has 0 radical (unpaired) electrons. The van der Waals surface area contributed by atoms with Gasteiger partial charge in [-0.15, -0.1) is 12.4 Å². The van der Waals surface area contributed by atoms with Gasteiger partial charge in [-0.25, -0.2) is 0 Å². The number of pyridine rings is 1. The number of aryl methyl sites for hydroxylation is 2. The third-order valence-corrected chi connectivity index (χ3v) is 3.67. The fourth-order valence-corrected chi connectivity index (χ4v) is 2.32. The second-order valence-corrected chi connectivity index (χ2v) is 5.10. The van der Waals surface area contributed by atoms with E-state index in [0.717, 1.165) is 22.3 Å². The van der Waals surface area contributed by atoms with Crippen LogP contribution in [-0.4, -0.2) is 4.98 Å². The van der Waals surface area contributed by atoms with Gasteiger partial charge in [0.2, 0.25) is 0 Å². The normalized spacial score (nSPS) is 9.86. The van der Waals surface area contributed by atoms with Gasteiger partial charge < -0.3 is 5.32 Å². The Labute approximate surface area is 136 Å². The zero-order chi connectivity index (χ0) is 14.8. The number of hydrogen-bond donors (Lipinski definition) is 1. The van der Waals surface area contributed by atoms with Gasteiger partial charge in [0.25, 0.3) is 0 Å². The van der Waals surface area contributed by atoms with E-state index in [9.17, 15) is 5.26 Å². The van der Waals surface area contributed by atoms with Gasteiger partial charge in [0, 0.05) is 17.3 Å². The lowest BCUT2D eigenvalue weighted by Gasteiger charge is -2.12. The van der Waals surface area contributed by atoms with E-state index in [1.165, 1.54) is 11.1 Å². The molecule has 110 valence electrons. The molecule has 0 atom stereocenters. The van der Waals surface area contributed by atoms with E-state index >= 15 is 0 Å². The Morgan fingerprint density at radius 3 is 2.55 bits per heavy atom. The summed E-state index contributed by atoms with van der Waals surface area (Å²) in [5.74, 6) is 0. The van der Waals surface area contributed by atoms with Crippen LogP contribution in [0, 0.1) is 25.2 Å². The number of rotatable bonds is 2. The molecule has 4 heteroatoms. The van der Waals surface area contributed by atoms with Crippen LogP contribution in [-0.2, 0) is 0 Å². The van der Waals surface area contributed by atoms with Crippen LogP contribution in [0.4, 0.5) is 11.4 Å². The highest BCUT2D eigenvalue weighted by molar-refractivity contribution is 5.95. The molecule has 0 amide bonds. The Morgan fingerprint density at radius 1 is 1.05 bits per heavy atom. The van der Waals surface area contributed by atoms with E-state index in [0.29, 0.717) is 5.56 Å². The third-order valence-electron chi connectivity index (χ3n) is 3.67. The number of nitrogens with zero attached hydrogens (tertiary/aromatic N) is 2. The predicted octanol–water partition coefficient (Wildman–Crippen LogP) is 4.89. The lowest BCUT2D eigenvalue weighted by Crippen LogP contribution is -1.97. The van der Waals surface area contributed by atoms with Gasteiger partial charge in [0.15, 0.2) is 0 Å². The van der Waals surface area contributed by atoms with Crippen molar-refractivity contribution in [3.63, 3.8) is 0 Å². The fraction of sp³-hybridized carbons (Fsp3) is 0.111. The largest absolute Gasteiger partial charge is 0.354 e. The van der Waals surface area contributed by atoms with Crippen LogP contribution < -0.4 is 5.32 Å². The van der Waals surface area contributed by atoms with Crippen LogP contribution in [0.5, 0.6) is 0 Å². The number of fused-ring (bicyclic) bond motifs is 1. The summed E-state index contributed by atoms with van der Waals surface area (Å²) < 4.78 is 0. The average molecular weight is 310 g/mol. The number of aromatic nitrogens is 1. The highest BCUT2D eigenvalue weighted by Crippen LogP contribution is 2.29. The third kappa shape index (κ3) is 2.88. The van der Waals surface area contributed by atoms with Gasteiger partial charge in [0.1, 0.15) is 6.07 Å². The molecule has 0 unspecified atom stereocenters. The SMILES string of the molecule is Cc1ccc(Nc2c(C#N)cnc3ccccc23)cc1C.Cl. The van der Waals surface area contributed by atoms with Gasteiger partial charge in [-0.3, -0.25) is 4.98 Å². The van der Waals surface area contributed by atoms with Crippen LogP contribution in [0.15, 0.2) is 48.7 Å². The van der Waals surface area contributed by atoms with Crippen LogP contribution in [0.2, 0.25) is 0 Å². The Bertz CT molecular complexity index is 866. The zero-order valence-corrected chi connectivity index (χ0v) is 13.2. The summed E-state index contributed by atoms with van der Waals surface area (Å²) in [7, 11) is 0. The fourth-order valence-electron chi connectivity index (χ4n) is 2.32. The second-order valence-electron chi connectivity index (χ2n) is 5.10. The number of anilines is 2. The minimum absolute atomic E-state index is 0. The minimum Gasteiger partial charge on any atom is -0.354 e. The first-order valence-corrected chi connectivity index (χ1v) is 6.81. The molecule has 0 bridgehead atoms. The standard InChI is InChI=1S/C18H15N3.ClH/c1-12-7-8-15(9-13(12)2)21-18-14(10-19)11-20-17-6-4-3-5-16(17)18;/h3-9,11H,1-2H3,(H,20,21);1H.